The molecule has 5 heteroatoms. The second-order valence-electron chi connectivity index (χ2n) is 4.70. The van der Waals surface area contributed by atoms with Gasteiger partial charge in [-0.1, -0.05) is 0 Å². The molecule has 0 spiro atoms. The fourth-order valence-electron chi connectivity index (χ4n) is 2.35. The van der Waals surface area contributed by atoms with Gasteiger partial charge in [0.2, 0.25) is 0 Å². The minimum absolute atomic E-state index is 0.303. The average molecular weight is 244 g/mol. The van der Waals surface area contributed by atoms with E-state index in [0.29, 0.717) is 12.1 Å². The third kappa shape index (κ3) is 2.26. The maximum Gasteiger partial charge on any atom is 0.158 e. The Hall–Kier alpha value is -1.75. The van der Waals surface area contributed by atoms with Crippen LogP contribution in [0.15, 0.2) is 24.7 Å². The Morgan fingerprint density at radius 3 is 3.22 bits per heavy atom. The van der Waals surface area contributed by atoms with Crippen molar-refractivity contribution in [1.82, 2.24) is 15.2 Å². The van der Waals surface area contributed by atoms with Gasteiger partial charge in [0.25, 0.3) is 0 Å². The summed E-state index contributed by atoms with van der Waals surface area (Å²) in [5.41, 5.74) is 0. The van der Waals surface area contributed by atoms with Crippen molar-refractivity contribution < 1.29 is 4.74 Å². The molecule has 2 aromatic rings. The first kappa shape index (κ1) is 11.3. The van der Waals surface area contributed by atoms with Gasteiger partial charge < -0.3 is 10.1 Å². The van der Waals surface area contributed by atoms with E-state index >= 15 is 0 Å². The molecule has 5 nitrogen and oxygen atoms in total. The molecule has 1 aliphatic rings. The molecule has 1 N–H and O–H groups in total. The largest absolute Gasteiger partial charge is 0.378 e. The predicted molar refractivity (Wildman–Crippen MR) is 69.4 cm³/mol. The molecular formula is C13H16N4O. The summed E-state index contributed by atoms with van der Waals surface area (Å²) in [6.07, 6.45) is 7.66. The molecule has 0 saturated carbocycles. The van der Waals surface area contributed by atoms with Gasteiger partial charge in [-0.25, -0.2) is 0 Å². The number of nitrogens with zero attached hydrogens (tertiary/aromatic N) is 3. The Kier molecular flexibility index (Phi) is 3.06. The number of fused-ring (bicyclic) bond motifs is 1. The van der Waals surface area contributed by atoms with Crippen LogP contribution < -0.4 is 5.32 Å². The van der Waals surface area contributed by atoms with Crippen LogP contribution in [-0.2, 0) is 4.74 Å². The van der Waals surface area contributed by atoms with Crippen molar-refractivity contribution in [3.8, 4) is 0 Å². The molecule has 2 aromatic heterocycles. The van der Waals surface area contributed by atoms with Gasteiger partial charge in [0.05, 0.1) is 12.3 Å². The fourth-order valence-corrected chi connectivity index (χ4v) is 2.35. The van der Waals surface area contributed by atoms with Crippen LogP contribution in [0.25, 0.3) is 10.8 Å². The van der Waals surface area contributed by atoms with Gasteiger partial charge in [0, 0.05) is 35.8 Å². The fraction of sp³-hybridized carbons (Fsp3) is 0.462. The van der Waals surface area contributed by atoms with Gasteiger partial charge in [-0.15, -0.1) is 5.10 Å². The van der Waals surface area contributed by atoms with Gasteiger partial charge in [-0.05, 0) is 25.8 Å². The van der Waals surface area contributed by atoms with E-state index in [2.05, 4.69) is 27.4 Å². The van der Waals surface area contributed by atoms with Crippen LogP contribution in [0.1, 0.15) is 19.8 Å². The predicted octanol–water partition coefficient (Wildman–Crippen LogP) is 2.00. The van der Waals surface area contributed by atoms with Crippen LogP contribution >= 0.6 is 0 Å². The normalized spacial score (nSPS) is 24.1. The molecule has 0 aliphatic carbocycles. The maximum absolute atomic E-state index is 5.54. The van der Waals surface area contributed by atoms with Crippen molar-refractivity contribution in [2.75, 3.05) is 11.9 Å². The topological polar surface area (TPSA) is 59.9 Å². The second kappa shape index (κ2) is 4.86. The Morgan fingerprint density at radius 1 is 1.39 bits per heavy atom. The first-order valence-electron chi connectivity index (χ1n) is 6.26. The third-order valence-electron chi connectivity index (χ3n) is 3.29. The molecular weight excluding hydrogens is 228 g/mol. The van der Waals surface area contributed by atoms with E-state index in [4.69, 9.17) is 4.74 Å². The number of hydrogen-bond donors (Lipinski definition) is 1. The van der Waals surface area contributed by atoms with E-state index in [-0.39, 0.29) is 0 Å². The van der Waals surface area contributed by atoms with E-state index in [0.717, 1.165) is 36.0 Å². The Bertz CT molecular complexity index is 540. The van der Waals surface area contributed by atoms with Crippen LogP contribution in [0.3, 0.4) is 0 Å². The quantitative estimate of drug-likeness (QED) is 0.875. The summed E-state index contributed by atoms with van der Waals surface area (Å²) in [6, 6.07) is 2.34. The molecule has 0 radical (unpaired) electrons. The lowest BCUT2D eigenvalue weighted by Gasteiger charge is -2.28. The van der Waals surface area contributed by atoms with E-state index in [1.807, 2.05) is 12.3 Å². The summed E-state index contributed by atoms with van der Waals surface area (Å²) >= 11 is 0. The number of rotatable bonds is 2. The highest BCUT2D eigenvalue weighted by atomic mass is 16.5. The first-order valence-corrected chi connectivity index (χ1v) is 6.26. The third-order valence-corrected chi connectivity index (χ3v) is 3.29. The van der Waals surface area contributed by atoms with Gasteiger partial charge in [0.15, 0.2) is 5.82 Å². The number of nitrogens with one attached hydrogen (secondary N) is 1. The molecule has 0 bridgehead atoms. The Labute approximate surface area is 106 Å². The zero-order valence-corrected chi connectivity index (χ0v) is 10.3. The highest BCUT2D eigenvalue weighted by Crippen LogP contribution is 2.22. The van der Waals surface area contributed by atoms with Crippen molar-refractivity contribution in [2.45, 2.75) is 31.9 Å². The minimum Gasteiger partial charge on any atom is -0.378 e. The monoisotopic (exact) mass is 244 g/mol. The molecule has 1 fully saturated rings. The maximum atomic E-state index is 5.54. The number of hydrogen-bond acceptors (Lipinski definition) is 5. The molecule has 18 heavy (non-hydrogen) atoms. The van der Waals surface area contributed by atoms with Crippen molar-refractivity contribution in [3.63, 3.8) is 0 Å². The smallest absolute Gasteiger partial charge is 0.158 e. The Balaban J connectivity index is 1.86. The molecule has 2 atom stereocenters. The molecule has 1 aliphatic heterocycles. The lowest BCUT2D eigenvalue weighted by atomic mass is 10.0. The molecule has 0 amide bonds. The SMILES string of the molecule is C[C@@H]1C[C@@H](Nc2nncc3ccncc23)CCO1. The number of ether oxygens (including phenoxy) is 1. The summed E-state index contributed by atoms with van der Waals surface area (Å²) in [7, 11) is 0. The number of pyridine rings is 1. The van der Waals surface area contributed by atoms with Gasteiger partial charge >= 0.3 is 0 Å². The summed E-state index contributed by atoms with van der Waals surface area (Å²) in [6.45, 7) is 2.90. The van der Waals surface area contributed by atoms with Crippen molar-refractivity contribution >= 4 is 16.6 Å². The standard InChI is InChI=1S/C13H16N4O/c1-9-6-11(3-5-18-9)16-13-12-8-14-4-2-10(12)7-15-17-13/h2,4,7-9,11H,3,5-6H2,1H3,(H,16,17)/t9-,11+/m1/s1. The van der Waals surface area contributed by atoms with Crippen LogP contribution in [-0.4, -0.2) is 33.9 Å². The van der Waals surface area contributed by atoms with Crippen molar-refractivity contribution in [1.29, 1.82) is 0 Å². The number of anilines is 1. The second-order valence-corrected chi connectivity index (χ2v) is 4.70. The molecule has 3 heterocycles. The first-order chi connectivity index (χ1) is 8.83. The Morgan fingerprint density at radius 2 is 2.33 bits per heavy atom. The molecule has 0 unspecified atom stereocenters. The van der Waals surface area contributed by atoms with Gasteiger partial charge in [0.1, 0.15) is 0 Å². The lowest BCUT2D eigenvalue weighted by molar-refractivity contribution is 0.0232. The molecule has 94 valence electrons. The van der Waals surface area contributed by atoms with E-state index in [1.54, 1.807) is 12.4 Å². The zero-order chi connectivity index (χ0) is 12.4. The van der Waals surface area contributed by atoms with Crippen LogP contribution in [0, 0.1) is 0 Å². The zero-order valence-electron chi connectivity index (χ0n) is 10.3. The summed E-state index contributed by atoms with van der Waals surface area (Å²) in [4.78, 5) is 4.15. The molecule has 3 rings (SSSR count). The van der Waals surface area contributed by atoms with E-state index in [9.17, 15) is 0 Å². The van der Waals surface area contributed by atoms with E-state index < -0.39 is 0 Å². The van der Waals surface area contributed by atoms with Crippen molar-refractivity contribution in [2.24, 2.45) is 0 Å². The highest BCUT2D eigenvalue weighted by molar-refractivity contribution is 5.90. The lowest BCUT2D eigenvalue weighted by Crippen LogP contribution is -2.32. The minimum atomic E-state index is 0.303. The molecule has 1 saturated heterocycles. The molecule has 0 aromatic carbocycles. The van der Waals surface area contributed by atoms with E-state index in [1.165, 1.54) is 0 Å². The van der Waals surface area contributed by atoms with Gasteiger partial charge in [-0.2, -0.15) is 5.10 Å². The summed E-state index contributed by atoms with van der Waals surface area (Å²) < 4.78 is 5.54. The summed E-state index contributed by atoms with van der Waals surface area (Å²) in [5, 5.41) is 13.7. The average Bonchev–Trinajstić information content (AvgIpc) is 2.39. The highest BCUT2D eigenvalue weighted by Gasteiger charge is 2.20. The number of aromatic nitrogens is 3. The van der Waals surface area contributed by atoms with Gasteiger partial charge in [-0.3, -0.25) is 4.98 Å². The van der Waals surface area contributed by atoms with Crippen molar-refractivity contribution in [3.05, 3.63) is 24.7 Å². The van der Waals surface area contributed by atoms with Crippen LogP contribution in [0.4, 0.5) is 5.82 Å². The summed E-state index contributed by atoms with van der Waals surface area (Å²) in [5.74, 6) is 0.819. The van der Waals surface area contributed by atoms with Crippen LogP contribution in [0.2, 0.25) is 0 Å². The van der Waals surface area contributed by atoms with Crippen LogP contribution in [0.5, 0.6) is 0 Å².